The number of aliphatic hydroxyl groups excluding tert-OH is 1. The molecule has 1 aromatic carbocycles. The van der Waals surface area contributed by atoms with E-state index in [1.807, 2.05) is 0 Å². The highest BCUT2D eigenvalue weighted by Crippen LogP contribution is 2.17. The number of benzene rings is 1. The molecule has 2 rings (SSSR count). The van der Waals surface area contributed by atoms with Crippen LogP contribution in [0.25, 0.3) is 0 Å². The first-order chi connectivity index (χ1) is 25.2. The van der Waals surface area contributed by atoms with Crippen molar-refractivity contribution in [3.63, 3.8) is 0 Å². The Hall–Kier alpha value is -4.42. The van der Waals surface area contributed by atoms with Crippen LogP contribution in [-0.2, 0) is 59.1 Å². The van der Waals surface area contributed by atoms with Crippen LogP contribution in [0.3, 0.4) is 0 Å². The fourth-order valence-corrected chi connectivity index (χ4v) is 4.32. The molecule has 5 N–H and O–H groups in total. The van der Waals surface area contributed by atoms with Gasteiger partial charge < -0.3 is 55.0 Å². The molecule has 0 aromatic heterocycles. The van der Waals surface area contributed by atoms with Gasteiger partial charge in [0.1, 0.15) is 24.9 Å². The number of nitrogens with zero attached hydrogens (tertiary/aromatic N) is 1. The Morgan fingerprint density at radius 1 is 0.774 bits per heavy atom. The fourth-order valence-electron chi connectivity index (χ4n) is 4.32. The molecule has 5 amide bonds. The highest BCUT2D eigenvalue weighted by molar-refractivity contribution is 5.98. The lowest BCUT2D eigenvalue weighted by Crippen LogP contribution is -2.50. The van der Waals surface area contributed by atoms with E-state index in [1.165, 1.54) is 30.9 Å². The SMILES string of the molecule is C[C@H](NC(=O)CCOCCOCCOCCOCCNC(=O)CCN1C(=O)C=CC1O)C(=O)N[C@@H](C)C(=O)Nc1ccc(COC(=O)C(C)(C)C)cc1. The summed E-state index contributed by atoms with van der Waals surface area (Å²) in [6.45, 7) is 11.3. The van der Waals surface area contributed by atoms with Crippen LogP contribution >= 0.6 is 0 Å². The van der Waals surface area contributed by atoms with Crippen LogP contribution in [0.1, 0.15) is 53.0 Å². The maximum atomic E-state index is 12.6. The number of rotatable bonds is 25. The summed E-state index contributed by atoms with van der Waals surface area (Å²) in [7, 11) is 0. The van der Waals surface area contributed by atoms with E-state index in [0.29, 0.717) is 51.9 Å². The molecule has 0 saturated heterocycles. The normalized spacial score (nSPS) is 15.1. The van der Waals surface area contributed by atoms with Gasteiger partial charge in [0.15, 0.2) is 0 Å². The molecule has 17 heteroatoms. The molecule has 0 bridgehead atoms. The van der Waals surface area contributed by atoms with Gasteiger partial charge in [-0.3, -0.25) is 28.8 Å². The number of carbonyl (C=O) groups is 6. The van der Waals surface area contributed by atoms with Crippen molar-refractivity contribution in [3.8, 4) is 0 Å². The van der Waals surface area contributed by atoms with E-state index in [9.17, 15) is 33.9 Å². The lowest BCUT2D eigenvalue weighted by Gasteiger charge is -2.19. The minimum absolute atomic E-state index is 0.0350. The third kappa shape index (κ3) is 18.8. The van der Waals surface area contributed by atoms with E-state index < -0.39 is 35.5 Å². The molecular weight excluding hydrogens is 694 g/mol. The molecule has 3 atom stereocenters. The number of aliphatic hydroxyl groups is 1. The third-order valence-electron chi connectivity index (χ3n) is 7.48. The largest absolute Gasteiger partial charge is 0.460 e. The first-order valence-corrected chi connectivity index (χ1v) is 17.6. The number of ether oxygens (including phenoxy) is 5. The Balaban J connectivity index is 1.42. The van der Waals surface area contributed by atoms with Gasteiger partial charge >= 0.3 is 5.97 Å². The van der Waals surface area contributed by atoms with Crippen LogP contribution in [0.4, 0.5) is 5.69 Å². The fraction of sp³-hybridized carbons (Fsp3) is 0.611. The number of nitrogens with one attached hydrogen (secondary N) is 4. The molecule has 1 heterocycles. The van der Waals surface area contributed by atoms with Crippen molar-refractivity contribution in [2.45, 2.75) is 72.4 Å². The first kappa shape index (κ1) is 44.7. The van der Waals surface area contributed by atoms with Gasteiger partial charge in [0.05, 0.1) is 58.3 Å². The van der Waals surface area contributed by atoms with Crippen molar-refractivity contribution in [3.05, 3.63) is 42.0 Å². The quantitative estimate of drug-likeness (QED) is 0.0678. The smallest absolute Gasteiger partial charge is 0.311 e. The van der Waals surface area contributed by atoms with E-state index in [0.717, 1.165) is 5.56 Å². The van der Waals surface area contributed by atoms with Gasteiger partial charge in [0, 0.05) is 37.7 Å². The number of amides is 5. The minimum atomic E-state index is -0.984. The topological polar surface area (TPSA) is 220 Å². The summed E-state index contributed by atoms with van der Waals surface area (Å²) in [6.07, 6.45) is 1.78. The number of anilines is 1. The Kier molecular flexibility index (Phi) is 20.3. The van der Waals surface area contributed by atoms with Gasteiger partial charge in [0.2, 0.25) is 29.5 Å². The average Bonchev–Trinajstić information content (AvgIpc) is 3.43. The summed E-state index contributed by atoms with van der Waals surface area (Å²) in [5.41, 5.74) is 0.669. The van der Waals surface area contributed by atoms with E-state index >= 15 is 0 Å². The van der Waals surface area contributed by atoms with Crippen molar-refractivity contribution in [2.75, 3.05) is 71.3 Å². The highest BCUT2D eigenvalue weighted by Gasteiger charge is 2.25. The third-order valence-corrected chi connectivity index (χ3v) is 7.48. The Morgan fingerprint density at radius 3 is 1.91 bits per heavy atom. The molecule has 0 saturated carbocycles. The minimum Gasteiger partial charge on any atom is -0.460 e. The molecule has 0 fully saturated rings. The van der Waals surface area contributed by atoms with Crippen molar-refractivity contribution < 1.29 is 57.6 Å². The summed E-state index contributed by atoms with van der Waals surface area (Å²) in [6, 6.07) is 5.05. The van der Waals surface area contributed by atoms with Gasteiger partial charge in [-0.2, -0.15) is 0 Å². The zero-order chi connectivity index (χ0) is 39.2. The van der Waals surface area contributed by atoms with Crippen LogP contribution in [0.5, 0.6) is 0 Å². The van der Waals surface area contributed by atoms with Crippen molar-refractivity contribution >= 4 is 41.2 Å². The summed E-state index contributed by atoms with van der Waals surface area (Å²) < 4.78 is 26.9. The van der Waals surface area contributed by atoms with Gasteiger partial charge in [-0.1, -0.05) is 12.1 Å². The predicted molar refractivity (Wildman–Crippen MR) is 192 cm³/mol. The number of hydrogen-bond donors (Lipinski definition) is 5. The lowest BCUT2D eigenvalue weighted by molar-refractivity contribution is -0.154. The van der Waals surface area contributed by atoms with E-state index in [1.54, 1.807) is 45.0 Å². The second kappa shape index (κ2) is 24.0. The van der Waals surface area contributed by atoms with E-state index in [2.05, 4.69) is 21.3 Å². The van der Waals surface area contributed by atoms with Crippen LogP contribution in [0.2, 0.25) is 0 Å². The second-order valence-corrected chi connectivity index (χ2v) is 13.1. The molecule has 1 aromatic rings. The first-order valence-electron chi connectivity index (χ1n) is 17.6. The lowest BCUT2D eigenvalue weighted by atomic mass is 9.97. The van der Waals surface area contributed by atoms with Crippen LogP contribution < -0.4 is 21.3 Å². The monoisotopic (exact) mass is 749 g/mol. The number of carbonyl (C=O) groups excluding carboxylic acids is 6. The molecule has 0 radical (unpaired) electrons. The van der Waals surface area contributed by atoms with E-state index in [-0.39, 0.29) is 62.9 Å². The van der Waals surface area contributed by atoms with Crippen LogP contribution in [-0.4, -0.2) is 130 Å². The summed E-state index contributed by atoms with van der Waals surface area (Å²) in [5, 5.41) is 20.2. The second-order valence-electron chi connectivity index (χ2n) is 13.1. The maximum absolute atomic E-state index is 12.6. The molecule has 1 aliphatic rings. The van der Waals surface area contributed by atoms with Crippen molar-refractivity contribution in [1.82, 2.24) is 20.9 Å². The Morgan fingerprint density at radius 2 is 1.34 bits per heavy atom. The predicted octanol–water partition coefficient (Wildman–Crippen LogP) is 0.403. The molecule has 1 aliphatic heterocycles. The van der Waals surface area contributed by atoms with Crippen molar-refractivity contribution in [2.24, 2.45) is 5.41 Å². The molecule has 296 valence electrons. The maximum Gasteiger partial charge on any atom is 0.311 e. The summed E-state index contributed by atoms with van der Waals surface area (Å²) in [5.74, 6) is -2.22. The molecule has 17 nitrogen and oxygen atoms in total. The zero-order valence-corrected chi connectivity index (χ0v) is 31.3. The Labute approximate surface area is 310 Å². The molecule has 53 heavy (non-hydrogen) atoms. The van der Waals surface area contributed by atoms with Gasteiger partial charge in [0.25, 0.3) is 0 Å². The molecule has 0 spiro atoms. The average molecular weight is 750 g/mol. The standard InChI is InChI=1S/C36H55N5O12/c1-25(33(46)39-26(2)34(47)40-28-8-6-27(7-9-28)24-53-35(48)36(3,4)5)38-30(43)13-16-49-18-20-51-22-23-52-21-19-50-17-14-37-29(42)12-15-41-31(44)10-11-32(41)45/h6-11,25-26,31,44H,12-24H2,1-5H3,(H,37,42)(H,38,43)(H,39,46)(H,40,47)/t25-,26-,31?/m0/s1. The summed E-state index contributed by atoms with van der Waals surface area (Å²) >= 11 is 0. The summed E-state index contributed by atoms with van der Waals surface area (Å²) in [4.78, 5) is 73.9. The number of esters is 1. The van der Waals surface area contributed by atoms with Crippen molar-refractivity contribution in [1.29, 1.82) is 0 Å². The van der Waals surface area contributed by atoms with Gasteiger partial charge in [-0.05, 0) is 58.4 Å². The van der Waals surface area contributed by atoms with Crippen LogP contribution in [0.15, 0.2) is 36.4 Å². The number of hydrogen-bond acceptors (Lipinski definition) is 12. The zero-order valence-electron chi connectivity index (χ0n) is 31.3. The highest BCUT2D eigenvalue weighted by atomic mass is 16.6. The molecular formula is C36H55N5O12. The van der Waals surface area contributed by atoms with E-state index in [4.69, 9.17) is 23.7 Å². The van der Waals surface area contributed by atoms with Gasteiger partial charge in [-0.15, -0.1) is 0 Å². The van der Waals surface area contributed by atoms with Gasteiger partial charge in [-0.25, -0.2) is 0 Å². The molecule has 0 aliphatic carbocycles. The molecule has 1 unspecified atom stereocenters. The van der Waals surface area contributed by atoms with Crippen LogP contribution in [0, 0.1) is 5.41 Å². The Bertz CT molecular complexity index is 1370.